The van der Waals surface area contributed by atoms with Gasteiger partial charge in [-0.15, -0.1) is 0 Å². The summed E-state index contributed by atoms with van der Waals surface area (Å²) in [5.74, 6) is -1.51. The summed E-state index contributed by atoms with van der Waals surface area (Å²) in [5.41, 5.74) is 3.03. The van der Waals surface area contributed by atoms with E-state index in [0.717, 1.165) is 22.0 Å². The minimum absolute atomic E-state index is 0.180. The van der Waals surface area contributed by atoms with Crippen LogP contribution >= 0.6 is 0 Å². The van der Waals surface area contributed by atoms with Gasteiger partial charge in [-0.2, -0.15) is 0 Å². The maximum atomic E-state index is 13.3. The lowest BCUT2D eigenvalue weighted by Crippen LogP contribution is -2.54. The van der Waals surface area contributed by atoms with Gasteiger partial charge in [-0.3, -0.25) is 14.9 Å². The highest BCUT2D eigenvalue weighted by atomic mass is 19.1. The van der Waals surface area contributed by atoms with Crippen molar-refractivity contribution in [3.63, 3.8) is 0 Å². The number of nitrogens with zero attached hydrogens (tertiary/aromatic N) is 2. The largest absolute Gasteiger partial charge is 0.492 e. The first-order valence-corrected chi connectivity index (χ1v) is 10.4. The fraction of sp³-hybridized carbons (Fsp3) is 0.160. The predicted molar refractivity (Wildman–Crippen MR) is 122 cm³/mol. The van der Waals surface area contributed by atoms with Crippen LogP contribution in [0.2, 0.25) is 0 Å². The number of imide groups is 2. The van der Waals surface area contributed by atoms with Crippen LogP contribution in [0, 0.1) is 19.7 Å². The monoisotopic (exact) mass is 447 g/mol. The number of barbiturate groups is 1. The third kappa shape index (κ3) is 4.03. The van der Waals surface area contributed by atoms with Gasteiger partial charge in [0.2, 0.25) is 0 Å². The molecule has 0 spiro atoms. The van der Waals surface area contributed by atoms with Crippen molar-refractivity contribution in [2.24, 2.45) is 0 Å². The number of carbonyl (C=O) groups excluding carboxylic acids is 3. The Morgan fingerprint density at radius 3 is 2.42 bits per heavy atom. The summed E-state index contributed by atoms with van der Waals surface area (Å²) in [5, 5.41) is 2.23. The number of carbonyl (C=O) groups is 3. The lowest BCUT2D eigenvalue weighted by Gasteiger charge is -2.27. The Hall–Kier alpha value is -4.20. The number of hydrogen-bond acceptors (Lipinski definition) is 4. The van der Waals surface area contributed by atoms with Gasteiger partial charge < -0.3 is 9.30 Å². The van der Waals surface area contributed by atoms with Crippen molar-refractivity contribution in [1.29, 1.82) is 0 Å². The van der Waals surface area contributed by atoms with E-state index < -0.39 is 17.8 Å². The normalized spacial score (nSPS) is 15.2. The number of urea groups is 1. The minimum Gasteiger partial charge on any atom is -0.492 e. The summed E-state index contributed by atoms with van der Waals surface area (Å²) in [4.78, 5) is 39.3. The predicted octanol–water partition coefficient (Wildman–Crippen LogP) is 4.30. The molecule has 8 heteroatoms. The van der Waals surface area contributed by atoms with E-state index in [2.05, 4.69) is 5.32 Å². The van der Waals surface area contributed by atoms with E-state index in [4.69, 9.17) is 4.74 Å². The van der Waals surface area contributed by atoms with Crippen LogP contribution in [0.25, 0.3) is 11.8 Å². The fourth-order valence-corrected chi connectivity index (χ4v) is 3.87. The molecule has 2 aromatic carbocycles. The standard InChI is InChI=1S/C25H22FN3O4/c1-4-33-22-8-6-5-7-21(22)29-24(31)20(23(30)27-25(29)32)14-17-13-15(2)28(16(17)3)19-11-9-18(26)10-12-19/h5-14H,4H2,1-3H3,(H,27,30,32)/b20-14+. The Bertz CT molecular complexity index is 1290. The van der Waals surface area contributed by atoms with Crippen molar-refractivity contribution in [3.8, 4) is 11.4 Å². The van der Waals surface area contributed by atoms with Gasteiger partial charge in [0, 0.05) is 17.1 Å². The van der Waals surface area contributed by atoms with E-state index in [-0.39, 0.29) is 17.1 Å². The van der Waals surface area contributed by atoms with Crippen LogP contribution in [0.3, 0.4) is 0 Å². The Kier molecular flexibility index (Phi) is 5.83. The molecule has 1 fully saturated rings. The van der Waals surface area contributed by atoms with Crippen LogP contribution in [0.1, 0.15) is 23.9 Å². The molecule has 0 atom stereocenters. The van der Waals surface area contributed by atoms with Crippen LogP contribution in [0.15, 0.2) is 60.2 Å². The summed E-state index contributed by atoms with van der Waals surface area (Å²) in [6.07, 6.45) is 1.46. The molecule has 0 aliphatic carbocycles. The van der Waals surface area contributed by atoms with Gasteiger partial charge in [-0.05, 0) is 74.9 Å². The lowest BCUT2D eigenvalue weighted by molar-refractivity contribution is -0.122. The number of aromatic nitrogens is 1. The molecule has 3 aromatic rings. The second-order valence-corrected chi connectivity index (χ2v) is 7.50. The van der Waals surface area contributed by atoms with Crippen LogP contribution < -0.4 is 15.0 Å². The SMILES string of the molecule is CCOc1ccccc1N1C(=O)NC(=O)/C(=C\c2cc(C)n(-c3ccc(F)cc3)c2C)C1=O. The number of aryl methyl sites for hydroxylation is 1. The number of anilines is 1. The second-order valence-electron chi connectivity index (χ2n) is 7.50. The van der Waals surface area contributed by atoms with Crippen molar-refractivity contribution >= 4 is 29.6 Å². The van der Waals surface area contributed by atoms with Gasteiger partial charge in [0.1, 0.15) is 17.1 Å². The number of ether oxygens (including phenoxy) is 1. The van der Waals surface area contributed by atoms with Crippen molar-refractivity contribution in [2.45, 2.75) is 20.8 Å². The average molecular weight is 447 g/mol. The Morgan fingerprint density at radius 1 is 1.03 bits per heavy atom. The molecule has 4 rings (SSSR count). The second kappa shape index (κ2) is 8.74. The zero-order valence-electron chi connectivity index (χ0n) is 18.4. The third-order valence-corrected chi connectivity index (χ3v) is 5.36. The van der Waals surface area contributed by atoms with Crippen LogP contribution in [0.4, 0.5) is 14.9 Å². The van der Waals surface area contributed by atoms with Crippen molar-refractivity contribution in [2.75, 3.05) is 11.5 Å². The Morgan fingerprint density at radius 2 is 1.73 bits per heavy atom. The van der Waals surface area contributed by atoms with E-state index in [1.54, 1.807) is 43.3 Å². The van der Waals surface area contributed by atoms with Gasteiger partial charge in [-0.25, -0.2) is 14.1 Å². The molecular formula is C25H22FN3O4. The summed E-state index contributed by atoms with van der Waals surface area (Å²) < 4.78 is 20.8. The maximum absolute atomic E-state index is 13.3. The fourth-order valence-electron chi connectivity index (χ4n) is 3.87. The van der Waals surface area contributed by atoms with Gasteiger partial charge in [0.25, 0.3) is 11.8 Å². The van der Waals surface area contributed by atoms with Crippen molar-refractivity contribution < 1.29 is 23.5 Å². The Balaban J connectivity index is 1.76. The van der Waals surface area contributed by atoms with E-state index in [0.29, 0.717) is 17.9 Å². The zero-order valence-corrected chi connectivity index (χ0v) is 18.4. The molecular weight excluding hydrogens is 425 g/mol. The smallest absolute Gasteiger partial charge is 0.336 e. The van der Waals surface area contributed by atoms with E-state index in [1.807, 2.05) is 24.5 Å². The molecule has 4 amide bonds. The van der Waals surface area contributed by atoms with Crippen LogP contribution in [-0.4, -0.2) is 29.0 Å². The van der Waals surface area contributed by atoms with Gasteiger partial charge in [0.05, 0.1) is 12.3 Å². The molecule has 1 aliphatic heterocycles. The molecule has 1 aromatic heterocycles. The molecule has 0 bridgehead atoms. The number of benzene rings is 2. The van der Waals surface area contributed by atoms with Gasteiger partial charge in [0.15, 0.2) is 0 Å². The third-order valence-electron chi connectivity index (χ3n) is 5.36. The number of hydrogen-bond donors (Lipinski definition) is 1. The van der Waals surface area contributed by atoms with Crippen LogP contribution in [-0.2, 0) is 9.59 Å². The summed E-state index contributed by atoms with van der Waals surface area (Å²) in [7, 11) is 0. The highest BCUT2D eigenvalue weighted by molar-refractivity contribution is 6.39. The quantitative estimate of drug-likeness (QED) is 0.467. The zero-order chi connectivity index (χ0) is 23.7. The molecule has 2 heterocycles. The first kappa shape index (κ1) is 22.0. The van der Waals surface area contributed by atoms with Gasteiger partial charge in [-0.1, -0.05) is 12.1 Å². The summed E-state index contributed by atoms with van der Waals surface area (Å²) >= 11 is 0. The molecule has 1 N–H and O–H groups in total. The number of halogens is 1. The molecule has 7 nitrogen and oxygen atoms in total. The molecule has 168 valence electrons. The maximum Gasteiger partial charge on any atom is 0.336 e. The van der Waals surface area contributed by atoms with Crippen LogP contribution in [0.5, 0.6) is 5.75 Å². The summed E-state index contributed by atoms with van der Waals surface area (Å²) in [6.45, 7) is 5.84. The number of nitrogens with one attached hydrogen (secondary N) is 1. The summed E-state index contributed by atoms with van der Waals surface area (Å²) in [6, 6.07) is 13.6. The van der Waals surface area contributed by atoms with Crippen molar-refractivity contribution in [3.05, 3.63) is 82.9 Å². The van der Waals surface area contributed by atoms with Gasteiger partial charge >= 0.3 is 6.03 Å². The molecule has 1 aliphatic rings. The molecule has 0 radical (unpaired) electrons. The average Bonchev–Trinajstić information content (AvgIpc) is 3.06. The lowest BCUT2D eigenvalue weighted by atomic mass is 10.1. The topological polar surface area (TPSA) is 80.6 Å². The highest BCUT2D eigenvalue weighted by Gasteiger charge is 2.38. The number of para-hydroxylation sites is 2. The van der Waals surface area contributed by atoms with E-state index in [9.17, 15) is 18.8 Å². The minimum atomic E-state index is -0.842. The number of amides is 4. The van der Waals surface area contributed by atoms with Crippen molar-refractivity contribution in [1.82, 2.24) is 9.88 Å². The Labute approximate surface area is 190 Å². The number of rotatable bonds is 5. The molecule has 0 unspecified atom stereocenters. The molecule has 0 saturated carbocycles. The first-order chi connectivity index (χ1) is 15.8. The first-order valence-electron chi connectivity index (χ1n) is 10.4. The molecule has 1 saturated heterocycles. The van der Waals surface area contributed by atoms with E-state index >= 15 is 0 Å². The highest BCUT2D eigenvalue weighted by Crippen LogP contribution is 2.31. The van der Waals surface area contributed by atoms with E-state index in [1.165, 1.54) is 18.2 Å². The molecule has 33 heavy (non-hydrogen) atoms.